The van der Waals surface area contributed by atoms with Crippen LogP contribution in [0.25, 0.3) is 0 Å². The van der Waals surface area contributed by atoms with Crippen molar-refractivity contribution in [3.05, 3.63) is 0 Å². The molecule has 0 heterocycles. The summed E-state index contributed by atoms with van der Waals surface area (Å²) in [6, 6.07) is 0. The van der Waals surface area contributed by atoms with Crippen molar-refractivity contribution in [3.63, 3.8) is 0 Å². The molecule has 0 fully saturated rings. The van der Waals surface area contributed by atoms with Gasteiger partial charge in [0, 0.05) is 13.1 Å². The van der Waals surface area contributed by atoms with Crippen LogP contribution < -0.4 is 16.4 Å². The van der Waals surface area contributed by atoms with Crippen LogP contribution in [0.2, 0.25) is 0 Å². The van der Waals surface area contributed by atoms with Crippen LogP contribution in [0.4, 0.5) is 0 Å². The number of nitrogens with one attached hydrogen (secondary N) is 2. The Balaban J connectivity index is 4.50. The number of guanidine groups is 1. The largest absolute Gasteiger partial charge is 0.369 e. The first-order valence-electron chi connectivity index (χ1n) is 8.19. The Labute approximate surface area is 130 Å². The number of amides is 1. The summed E-state index contributed by atoms with van der Waals surface area (Å²) in [4.78, 5) is 15.8. The predicted octanol–water partition coefficient (Wildman–Crippen LogP) is 2.27. The fourth-order valence-corrected chi connectivity index (χ4v) is 1.88. The van der Waals surface area contributed by atoms with Crippen LogP contribution in [-0.2, 0) is 4.79 Å². The quantitative estimate of drug-likeness (QED) is 0.427. The smallest absolute Gasteiger partial charge is 0.224 e. The molecule has 5 nitrogen and oxygen atoms in total. The van der Waals surface area contributed by atoms with Gasteiger partial charge in [0.05, 0.1) is 12.0 Å². The number of hydrogen-bond acceptors (Lipinski definition) is 2. The molecule has 1 unspecified atom stereocenters. The maximum absolute atomic E-state index is 11.3. The number of hydrogen-bond donors (Lipinski definition) is 3. The van der Waals surface area contributed by atoms with E-state index in [2.05, 4.69) is 29.5 Å². The average Bonchev–Trinajstić information content (AvgIpc) is 2.44. The van der Waals surface area contributed by atoms with E-state index in [1.54, 1.807) is 0 Å². The molecule has 21 heavy (non-hydrogen) atoms. The molecule has 0 aromatic rings. The highest BCUT2D eigenvalue weighted by Crippen LogP contribution is 2.14. The summed E-state index contributed by atoms with van der Waals surface area (Å²) in [7, 11) is 0. The Kier molecular flexibility index (Phi) is 9.84. The minimum absolute atomic E-state index is 0.323. The molecule has 0 radical (unpaired) electrons. The van der Waals surface area contributed by atoms with Crippen molar-refractivity contribution in [2.75, 3.05) is 19.6 Å². The van der Waals surface area contributed by atoms with Crippen molar-refractivity contribution in [2.45, 2.75) is 60.3 Å². The SMILES string of the molecule is CCCCC(CC)CNC(=NCC(C)(C)C(N)=O)NCC. The molecular formula is C16H34N4O. The Morgan fingerprint density at radius 3 is 2.38 bits per heavy atom. The molecule has 5 heteroatoms. The number of carbonyl (C=O) groups is 1. The molecule has 0 spiro atoms. The van der Waals surface area contributed by atoms with E-state index in [4.69, 9.17) is 5.73 Å². The van der Waals surface area contributed by atoms with E-state index >= 15 is 0 Å². The fraction of sp³-hybridized carbons (Fsp3) is 0.875. The summed E-state index contributed by atoms with van der Waals surface area (Å²) in [5, 5.41) is 6.60. The van der Waals surface area contributed by atoms with Crippen LogP contribution in [-0.4, -0.2) is 31.5 Å². The standard InChI is InChI=1S/C16H34N4O/c1-6-9-10-13(7-2)11-19-15(18-8-3)20-12-16(4,5)14(17)21/h13H,6-12H2,1-5H3,(H2,17,21)(H2,18,19,20). The molecule has 0 aliphatic carbocycles. The van der Waals surface area contributed by atoms with E-state index in [0.717, 1.165) is 19.0 Å². The second kappa shape index (κ2) is 10.5. The van der Waals surface area contributed by atoms with Crippen molar-refractivity contribution >= 4 is 11.9 Å². The maximum Gasteiger partial charge on any atom is 0.224 e. The van der Waals surface area contributed by atoms with Crippen molar-refractivity contribution in [2.24, 2.45) is 22.1 Å². The number of primary amides is 1. The van der Waals surface area contributed by atoms with E-state index in [-0.39, 0.29) is 5.91 Å². The molecule has 124 valence electrons. The van der Waals surface area contributed by atoms with Gasteiger partial charge in [0.25, 0.3) is 0 Å². The normalized spacial score (nSPS) is 13.9. The molecule has 0 aromatic heterocycles. The molecule has 1 atom stereocenters. The summed E-state index contributed by atoms with van der Waals surface area (Å²) >= 11 is 0. The van der Waals surface area contributed by atoms with Gasteiger partial charge in [-0.1, -0.05) is 33.1 Å². The van der Waals surface area contributed by atoms with Crippen molar-refractivity contribution in [1.82, 2.24) is 10.6 Å². The lowest BCUT2D eigenvalue weighted by Gasteiger charge is -2.21. The lowest BCUT2D eigenvalue weighted by molar-refractivity contribution is -0.125. The van der Waals surface area contributed by atoms with Crippen LogP contribution in [0.1, 0.15) is 60.3 Å². The molecule has 0 aliphatic heterocycles. The summed E-state index contributed by atoms with van der Waals surface area (Å²) < 4.78 is 0. The van der Waals surface area contributed by atoms with Crippen molar-refractivity contribution < 1.29 is 4.79 Å². The van der Waals surface area contributed by atoms with E-state index in [9.17, 15) is 4.79 Å². The molecule has 0 rings (SSSR count). The summed E-state index contributed by atoms with van der Waals surface area (Å²) in [6.45, 7) is 12.2. The molecular weight excluding hydrogens is 264 g/mol. The Morgan fingerprint density at radius 2 is 1.90 bits per heavy atom. The van der Waals surface area contributed by atoms with E-state index in [1.165, 1.54) is 25.7 Å². The van der Waals surface area contributed by atoms with Crippen LogP contribution >= 0.6 is 0 Å². The lowest BCUT2D eigenvalue weighted by atomic mass is 9.93. The van der Waals surface area contributed by atoms with Crippen molar-refractivity contribution in [1.29, 1.82) is 0 Å². The minimum atomic E-state index is -0.616. The number of aliphatic imine (C=N–C) groups is 1. The number of rotatable bonds is 10. The summed E-state index contributed by atoms with van der Waals surface area (Å²) in [5.41, 5.74) is 4.76. The van der Waals surface area contributed by atoms with E-state index in [1.807, 2.05) is 20.8 Å². The minimum Gasteiger partial charge on any atom is -0.369 e. The number of nitrogens with zero attached hydrogens (tertiary/aromatic N) is 1. The first-order valence-corrected chi connectivity index (χ1v) is 8.19. The predicted molar refractivity (Wildman–Crippen MR) is 90.3 cm³/mol. The molecule has 0 aromatic carbocycles. The topological polar surface area (TPSA) is 79.5 Å². The van der Waals surface area contributed by atoms with Gasteiger partial charge in [-0.05, 0) is 33.1 Å². The number of unbranched alkanes of at least 4 members (excludes halogenated alkanes) is 1. The van der Waals surface area contributed by atoms with Gasteiger partial charge in [-0.25, -0.2) is 0 Å². The second-order valence-corrected chi connectivity index (χ2v) is 6.24. The van der Waals surface area contributed by atoms with Crippen LogP contribution in [0.15, 0.2) is 4.99 Å². The fourth-order valence-electron chi connectivity index (χ4n) is 1.88. The zero-order chi connectivity index (χ0) is 16.3. The first-order chi connectivity index (χ1) is 9.87. The van der Waals surface area contributed by atoms with Gasteiger partial charge in [0.15, 0.2) is 5.96 Å². The monoisotopic (exact) mass is 298 g/mol. The van der Waals surface area contributed by atoms with Gasteiger partial charge in [-0.15, -0.1) is 0 Å². The number of nitrogens with two attached hydrogens (primary N) is 1. The highest BCUT2D eigenvalue weighted by atomic mass is 16.1. The third-order valence-corrected chi connectivity index (χ3v) is 3.75. The summed E-state index contributed by atoms with van der Waals surface area (Å²) in [6.07, 6.45) is 4.91. The Morgan fingerprint density at radius 1 is 1.24 bits per heavy atom. The second-order valence-electron chi connectivity index (χ2n) is 6.24. The molecule has 1 amide bonds. The third-order valence-electron chi connectivity index (χ3n) is 3.75. The summed E-state index contributed by atoms with van der Waals surface area (Å²) in [5.74, 6) is 1.11. The van der Waals surface area contributed by atoms with Gasteiger partial charge in [0.2, 0.25) is 5.91 Å². The van der Waals surface area contributed by atoms with Crippen LogP contribution in [0.5, 0.6) is 0 Å². The van der Waals surface area contributed by atoms with Crippen molar-refractivity contribution in [3.8, 4) is 0 Å². The highest BCUT2D eigenvalue weighted by molar-refractivity contribution is 5.82. The molecule has 0 saturated heterocycles. The van der Waals surface area contributed by atoms with Gasteiger partial charge in [-0.2, -0.15) is 0 Å². The van der Waals surface area contributed by atoms with E-state index < -0.39 is 5.41 Å². The molecule has 0 aliphatic rings. The zero-order valence-corrected chi connectivity index (χ0v) is 14.5. The van der Waals surface area contributed by atoms with Gasteiger partial charge >= 0.3 is 0 Å². The maximum atomic E-state index is 11.3. The average molecular weight is 298 g/mol. The first kappa shape index (κ1) is 19.7. The number of carbonyl (C=O) groups excluding carboxylic acids is 1. The molecule has 4 N–H and O–H groups in total. The van der Waals surface area contributed by atoms with Gasteiger partial charge in [0.1, 0.15) is 0 Å². The Bertz CT molecular complexity index is 326. The van der Waals surface area contributed by atoms with Gasteiger partial charge < -0.3 is 16.4 Å². The van der Waals surface area contributed by atoms with Crippen LogP contribution in [0.3, 0.4) is 0 Å². The molecule has 0 saturated carbocycles. The lowest BCUT2D eigenvalue weighted by Crippen LogP contribution is -2.41. The molecule has 0 bridgehead atoms. The van der Waals surface area contributed by atoms with Crippen LogP contribution in [0, 0.1) is 11.3 Å². The van der Waals surface area contributed by atoms with E-state index in [0.29, 0.717) is 12.5 Å². The van der Waals surface area contributed by atoms with Gasteiger partial charge in [-0.3, -0.25) is 9.79 Å². The third kappa shape index (κ3) is 8.58. The Hall–Kier alpha value is -1.26. The highest BCUT2D eigenvalue weighted by Gasteiger charge is 2.24. The zero-order valence-electron chi connectivity index (χ0n) is 14.5.